The molecule has 1 fully saturated rings. The fraction of sp³-hybridized carbons (Fsp3) is 0.533. The van der Waals surface area contributed by atoms with E-state index in [9.17, 15) is 15.0 Å². The highest BCUT2D eigenvalue weighted by Gasteiger charge is 2.23. The predicted molar refractivity (Wildman–Crippen MR) is 73.3 cm³/mol. The first-order valence-electron chi connectivity index (χ1n) is 6.93. The molecule has 0 radical (unpaired) electrons. The third-order valence-corrected chi connectivity index (χ3v) is 3.96. The van der Waals surface area contributed by atoms with Crippen LogP contribution in [-0.4, -0.2) is 34.1 Å². The molecular weight excluding hydrogens is 242 g/mol. The van der Waals surface area contributed by atoms with E-state index >= 15 is 0 Å². The first-order valence-corrected chi connectivity index (χ1v) is 6.93. The highest BCUT2D eigenvalue weighted by molar-refractivity contribution is 5.97. The number of para-hydroxylation sites is 1. The summed E-state index contributed by atoms with van der Waals surface area (Å²) in [5, 5.41) is 19.2. The number of rotatable bonds is 2. The zero-order valence-corrected chi connectivity index (χ0v) is 11.3. The molecule has 104 valence electrons. The summed E-state index contributed by atoms with van der Waals surface area (Å²) in [5.74, 6) is -0.0587. The van der Waals surface area contributed by atoms with Gasteiger partial charge in [0.1, 0.15) is 0 Å². The van der Waals surface area contributed by atoms with Crippen molar-refractivity contribution < 1.29 is 15.0 Å². The molecule has 1 aliphatic rings. The van der Waals surface area contributed by atoms with Crippen LogP contribution >= 0.6 is 0 Å². The minimum atomic E-state index is -0.316. The molecule has 1 saturated heterocycles. The molecule has 1 aliphatic heterocycles. The Kier molecular flexibility index (Phi) is 4.30. The van der Waals surface area contributed by atoms with Crippen LogP contribution in [0.2, 0.25) is 0 Å². The molecule has 0 bridgehead atoms. The molecule has 0 spiro atoms. The Morgan fingerprint density at radius 3 is 2.84 bits per heavy atom. The van der Waals surface area contributed by atoms with Gasteiger partial charge in [-0.25, -0.2) is 0 Å². The van der Waals surface area contributed by atoms with Gasteiger partial charge < -0.3 is 15.1 Å². The quantitative estimate of drug-likeness (QED) is 0.806. The van der Waals surface area contributed by atoms with Gasteiger partial charge in [-0.15, -0.1) is 0 Å². The zero-order chi connectivity index (χ0) is 13.8. The van der Waals surface area contributed by atoms with Crippen LogP contribution in [0.4, 0.5) is 0 Å². The molecule has 0 saturated carbocycles. The fourth-order valence-corrected chi connectivity index (χ4v) is 2.65. The van der Waals surface area contributed by atoms with Crippen LogP contribution in [0.15, 0.2) is 18.2 Å². The number of benzene rings is 1. The number of hydrogen-bond donors (Lipinski definition) is 2. The lowest BCUT2D eigenvalue weighted by Gasteiger charge is -2.21. The maximum absolute atomic E-state index is 12.4. The molecule has 1 unspecified atom stereocenters. The van der Waals surface area contributed by atoms with Crippen LogP contribution in [0, 0.1) is 5.92 Å². The summed E-state index contributed by atoms with van der Waals surface area (Å²) in [6.07, 6.45) is 4.33. The van der Waals surface area contributed by atoms with E-state index in [1.807, 2.05) is 0 Å². The average Bonchev–Trinajstić information content (AvgIpc) is 2.66. The second kappa shape index (κ2) is 5.95. The van der Waals surface area contributed by atoms with E-state index in [1.54, 1.807) is 17.0 Å². The first-order chi connectivity index (χ1) is 9.13. The summed E-state index contributed by atoms with van der Waals surface area (Å²) in [7, 11) is 0. The Morgan fingerprint density at radius 1 is 1.32 bits per heavy atom. The molecule has 4 nitrogen and oxygen atoms in total. The first kappa shape index (κ1) is 13.7. The van der Waals surface area contributed by atoms with Gasteiger partial charge >= 0.3 is 0 Å². The van der Waals surface area contributed by atoms with Crippen LogP contribution in [0.3, 0.4) is 0 Å². The number of phenols is 2. The number of hydrogen-bond acceptors (Lipinski definition) is 3. The molecule has 2 N–H and O–H groups in total. The number of carbonyl (C=O) groups excluding carboxylic acids is 1. The SMILES string of the molecule is CCC1CCCN(C(=O)c2cccc(O)c2O)CC1. The summed E-state index contributed by atoms with van der Waals surface area (Å²) in [5.41, 5.74) is 0.190. The van der Waals surface area contributed by atoms with Gasteiger partial charge in [-0.3, -0.25) is 4.79 Å². The standard InChI is InChI=1S/C15H21NO3/c1-2-11-5-4-9-16(10-8-11)15(19)12-6-3-7-13(17)14(12)18/h3,6-7,11,17-18H,2,4-5,8-10H2,1H3. The van der Waals surface area contributed by atoms with Crippen LogP contribution in [0.1, 0.15) is 43.0 Å². The molecule has 2 rings (SSSR count). The van der Waals surface area contributed by atoms with Gasteiger partial charge in [-0.05, 0) is 37.3 Å². The van der Waals surface area contributed by atoms with E-state index in [0.717, 1.165) is 38.8 Å². The van der Waals surface area contributed by atoms with Gasteiger partial charge in [0, 0.05) is 13.1 Å². The van der Waals surface area contributed by atoms with Crippen molar-refractivity contribution in [3.63, 3.8) is 0 Å². The average molecular weight is 263 g/mol. The molecular formula is C15H21NO3. The maximum atomic E-state index is 12.4. The van der Waals surface area contributed by atoms with Crippen molar-refractivity contribution in [2.24, 2.45) is 5.92 Å². The highest BCUT2D eigenvalue weighted by Crippen LogP contribution is 2.30. The highest BCUT2D eigenvalue weighted by atomic mass is 16.3. The fourth-order valence-electron chi connectivity index (χ4n) is 2.65. The van der Waals surface area contributed by atoms with Crippen molar-refractivity contribution in [1.29, 1.82) is 0 Å². The largest absolute Gasteiger partial charge is 0.504 e. The summed E-state index contributed by atoms with van der Waals surface area (Å²) in [4.78, 5) is 14.2. The van der Waals surface area contributed by atoms with Gasteiger partial charge in [0.2, 0.25) is 0 Å². The Morgan fingerprint density at radius 2 is 2.11 bits per heavy atom. The van der Waals surface area contributed by atoms with E-state index in [4.69, 9.17) is 0 Å². The number of carbonyl (C=O) groups is 1. The second-order valence-electron chi connectivity index (χ2n) is 5.17. The van der Waals surface area contributed by atoms with Crippen molar-refractivity contribution in [2.45, 2.75) is 32.6 Å². The van der Waals surface area contributed by atoms with Gasteiger partial charge in [-0.1, -0.05) is 19.4 Å². The topological polar surface area (TPSA) is 60.8 Å². The van der Waals surface area contributed by atoms with E-state index in [-0.39, 0.29) is 23.0 Å². The second-order valence-corrected chi connectivity index (χ2v) is 5.17. The summed E-state index contributed by atoms with van der Waals surface area (Å²) >= 11 is 0. The minimum Gasteiger partial charge on any atom is -0.504 e. The number of aromatic hydroxyl groups is 2. The normalized spacial score (nSPS) is 20.1. The van der Waals surface area contributed by atoms with Crippen LogP contribution in [-0.2, 0) is 0 Å². The maximum Gasteiger partial charge on any atom is 0.257 e. The van der Waals surface area contributed by atoms with Crippen LogP contribution < -0.4 is 0 Å². The Hall–Kier alpha value is -1.71. The van der Waals surface area contributed by atoms with Crippen molar-refractivity contribution in [3.05, 3.63) is 23.8 Å². The van der Waals surface area contributed by atoms with Crippen LogP contribution in [0.25, 0.3) is 0 Å². The molecule has 1 amide bonds. The lowest BCUT2D eigenvalue weighted by atomic mass is 9.98. The van der Waals surface area contributed by atoms with Gasteiger partial charge in [-0.2, -0.15) is 0 Å². The summed E-state index contributed by atoms with van der Waals surface area (Å²) in [6, 6.07) is 4.51. The molecule has 1 heterocycles. The lowest BCUT2D eigenvalue weighted by molar-refractivity contribution is 0.0756. The lowest BCUT2D eigenvalue weighted by Crippen LogP contribution is -2.32. The Bertz CT molecular complexity index is 459. The van der Waals surface area contributed by atoms with Gasteiger partial charge in [0.15, 0.2) is 11.5 Å². The van der Waals surface area contributed by atoms with E-state index < -0.39 is 0 Å². The number of likely N-dealkylation sites (tertiary alicyclic amines) is 1. The van der Waals surface area contributed by atoms with E-state index in [2.05, 4.69) is 6.92 Å². The smallest absolute Gasteiger partial charge is 0.257 e. The number of amides is 1. The predicted octanol–water partition coefficient (Wildman–Crippen LogP) is 2.75. The van der Waals surface area contributed by atoms with Crippen molar-refractivity contribution in [3.8, 4) is 11.5 Å². The van der Waals surface area contributed by atoms with Gasteiger partial charge in [0.25, 0.3) is 5.91 Å². The minimum absolute atomic E-state index is 0.190. The molecule has 0 aliphatic carbocycles. The molecule has 4 heteroatoms. The molecule has 0 aromatic heterocycles. The third-order valence-electron chi connectivity index (χ3n) is 3.96. The Balaban J connectivity index is 2.13. The number of phenolic OH excluding ortho intramolecular Hbond substituents is 2. The van der Waals surface area contributed by atoms with E-state index in [1.165, 1.54) is 6.07 Å². The van der Waals surface area contributed by atoms with Gasteiger partial charge in [0.05, 0.1) is 5.56 Å². The molecule has 19 heavy (non-hydrogen) atoms. The molecule has 1 atom stereocenters. The van der Waals surface area contributed by atoms with Crippen LogP contribution in [0.5, 0.6) is 11.5 Å². The van der Waals surface area contributed by atoms with E-state index in [0.29, 0.717) is 5.92 Å². The molecule has 1 aromatic carbocycles. The monoisotopic (exact) mass is 263 g/mol. The molecule has 1 aromatic rings. The summed E-state index contributed by atoms with van der Waals surface area (Å²) in [6.45, 7) is 3.64. The number of nitrogens with zero attached hydrogens (tertiary/aromatic N) is 1. The summed E-state index contributed by atoms with van der Waals surface area (Å²) < 4.78 is 0. The Labute approximate surface area is 113 Å². The van der Waals surface area contributed by atoms with Crippen molar-refractivity contribution in [1.82, 2.24) is 4.90 Å². The van der Waals surface area contributed by atoms with Crippen molar-refractivity contribution in [2.75, 3.05) is 13.1 Å². The third kappa shape index (κ3) is 3.00. The van der Waals surface area contributed by atoms with Crippen molar-refractivity contribution >= 4 is 5.91 Å². The zero-order valence-electron chi connectivity index (χ0n) is 11.3.